The summed E-state index contributed by atoms with van der Waals surface area (Å²) in [5.74, 6) is 0. The number of hydrogen-bond donors (Lipinski definition) is 0. The van der Waals surface area contributed by atoms with Gasteiger partial charge in [-0.1, -0.05) is 0 Å². The second-order valence-electron chi connectivity index (χ2n) is 1.71. The van der Waals surface area contributed by atoms with Gasteiger partial charge >= 0.3 is 0 Å². The summed E-state index contributed by atoms with van der Waals surface area (Å²) in [7, 11) is 0. The smallest absolute Gasteiger partial charge is 0.0617 e. The van der Waals surface area contributed by atoms with E-state index in [9.17, 15) is 0 Å². The average molecular weight is 377 g/mol. The van der Waals surface area contributed by atoms with Crippen LogP contribution in [0.4, 0.5) is 5.69 Å². The van der Waals surface area contributed by atoms with Crippen molar-refractivity contribution in [3.05, 3.63) is 27.8 Å². The van der Waals surface area contributed by atoms with Crippen LogP contribution in [0.1, 0.15) is 0 Å². The average Bonchev–Trinajstić information content (AvgIpc) is 1.88. The molecule has 0 N–H and O–H groups in total. The van der Waals surface area contributed by atoms with Crippen molar-refractivity contribution in [2.45, 2.75) is 0 Å². The lowest BCUT2D eigenvalue weighted by Crippen LogP contribution is -1.88. The third-order valence-corrected chi connectivity index (χ3v) is 2.56. The Morgan fingerprint density at radius 3 is 2.00 bits per heavy atom. The highest BCUT2D eigenvalue weighted by Crippen LogP contribution is 2.22. The predicted octanol–water partition coefficient (Wildman–Crippen LogP) is 3.72. The summed E-state index contributed by atoms with van der Waals surface area (Å²) < 4.78 is 2.96. The highest BCUT2D eigenvalue weighted by Gasteiger charge is 1.95. The van der Waals surface area contributed by atoms with Crippen molar-refractivity contribution in [3.8, 4) is 0 Å². The first-order valence-electron chi connectivity index (χ1n) is 2.57. The standard InChI is InChI=1S/C6H4Br2IN/c7-10(8)6-3-1-5(9)2-4-6/h1-4H. The van der Waals surface area contributed by atoms with E-state index in [1.54, 1.807) is 2.95 Å². The Kier molecular flexibility index (Phi) is 3.45. The largest absolute Gasteiger partial charge is 0.243 e. The molecule has 4 heteroatoms. The lowest BCUT2D eigenvalue weighted by atomic mass is 10.3. The number of halogens is 3. The molecule has 0 aliphatic heterocycles. The summed E-state index contributed by atoms with van der Waals surface area (Å²) >= 11 is 8.78. The van der Waals surface area contributed by atoms with Crippen molar-refractivity contribution in [2.24, 2.45) is 0 Å². The van der Waals surface area contributed by atoms with Gasteiger partial charge in [0.2, 0.25) is 0 Å². The molecule has 0 heterocycles. The van der Waals surface area contributed by atoms with Crippen LogP contribution in [-0.2, 0) is 0 Å². The van der Waals surface area contributed by atoms with E-state index in [0.717, 1.165) is 5.69 Å². The molecule has 1 aromatic rings. The Morgan fingerprint density at radius 2 is 1.60 bits per heavy atom. The molecule has 0 fully saturated rings. The van der Waals surface area contributed by atoms with Crippen LogP contribution in [0.25, 0.3) is 0 Å². The molecule has 0 aliphatic carbocycles. The molecule has 0 bridgehead atoms. The third-order valence-electron chi connectivity index (χ3n) is 1.02. The maximum absolute atomic E-state index is 3.25. The molecular formula is C6H4Br2IN. The number of hydrogen-bond acceptors (Lipinski definition) is 1. The van der Waals surface area contributed by atoms with E-state index in [2.05, 4.69) is 54.9 Å². The first-order valence-corrected chi connectivity index (χ1v) is 5.07. The molecule has 0 aromatic heterocycles. The quantitative estimate of drug-likeness (QED) is 0.533. The van der Waals surface area contributed by atoms with Gasteiger partial charge in [-0.2, -0.15) is 0 Å². The molecule has 0 aliphatic rings. The Balaban J connectivity index is 2.89. The van der Waals surface area contributed by atoms with E-state index < -0.39 is 0 Å². The molecule has 10 heavy (non-hydrogen) atoms. The normalized spacial score (nSPS) is 9.50. The lowest BCUT2D eigenvalue weighted by molar-refractivity contribution is 1.60. The lowest BCUT2D eigenvalue weighted by Gasteiger charge is -2.04. The first kappa shape index (κ1) is 8.80. The van der Waals surface area contributed by atoms with Gasteiger partial charge in [-0.15, -0.1) is 0 Å². The summed E-state index contributed by atoms with van der Waals surface area (Å²) in [5, 5.41) is 0. The van der Waals surface area contributed by atoms with Crippen LogP contribution in [0.2, 0.25) is 0 Å². The zero-order chi connectivity index (χ0) is 7.56. The molecule has 1 nitrogen and oxygen atoms in total. The molecule has 1 rings (SSSR count). The van der Waals surface area contributed by atoms with Crippen molar-refractivity contribution in [2.75, 3.05) is 2.95 Å². The van der Waals surface area contributed by atoms with Crippen LogP contribution in [0.3, 0.4) is 0 Å². The fraction of sp³-hybridized carbons (Fsp3) is 0. The van der Waals surface area contributed by atoms with Gasteiger partial charge in [-0.05, 0) is 46.9 Å². The first-order chi connectivity index (χ1) is 4.70. The monoisotopic (exact) mass is 375 g/mol. The number of anilines is 1. The molecule has 0 radical (unpaired) electrons. The second-order valence-corrected chi connectivity index (χ2v) is 5.33. The minimum Gasteiger partial charge on any atom is -0.243 e. The van der Waals surface area contributed by atoms with Crippen LogP contribution >= 0.6 is 54.9 Å². The summed E-state index contributed by atoms with van der Waals surface area (Å²) in [6.45, 7) is 0. The van der Waals surface area contributed by atoms with Gasteiger partial charge < -0.3 is 0 Å². The highest BCUT2D eigenvalue weighted by molar-refractivity contribution is 14.1. The van der Waals surface area contributed by atoms with Gasteiger partial charge in [0, 0.05) is 3.57 Å². The zero-order valence-electron chi connectivity index (χ0n) is 4.89. The van der Waals surface area contributed by atoms with Gasteiger partial charge in [0.15, 0.2) is 0 Å². The van der Waals surface area contributed by atoms with E-state index in [-0.39, 0.29) is 0 Å². The van der Waals surface area contributed by atoms with Crippen molar-refractivity contribution in [3.63, 3.8) is 0 Å². The summed E-state index contributed by atoms with van der Waals surface area (Å²) in [6, 6.07) is 8.13. The fourth-order valence-corrected chi connectivity index (χ4v) is 1.39. The van der Waals surface area contributed by atoms with Gasteiger partial charge in [0.05, 0.1) is 38.0 Å². The van der Waals surface area contributed by atoms with Crippen LogP contribution in [-0.4, -0.2) is 0 Å². The van der Waals surface area contributed by atoms with E-state index in [4.69, 9.17) is 0 Å². The number of benzene rings is 1. The molecule has 0 saturated carbocycles. The van der Waals surface area contributed by atoms with Crippen molar-refractivity contribution < 1.29 is 0 Å². The van der Waals surface area contributed by atoms with E-state index in [0.29, 0.717) is 0 Å². The van der Waals surface area contributed by atoms with Gasteiger partial charge in [0.1, 0.15) is 0 Å². The van der Waals surface area contributed by atoms with Gasteiger partial charge in [0.25, 0.3) is 0 Å². The molecular weight excluding hydrogens is 373 g/mol. The number of nitrogens with zero attached hydrogens (tertiary/aromatic N) is 1. The highest BCUT2D eigenvalue weighted by atomic mass is 127. The van der Waals surface area contributed by atoms with Crippen molar-refractivity contribution >= 4 is 60.6 Å². The Morgan fingerprint density at radius 1 is 1.10 bits per heavy atom. The SMILES string of the molecule is BrN(Br)c1ccc(I)cc1. The van der Waals surface area contributed by atoms with E-state index in [1.807, 2.05) is 24.3 Å². The zero-order valence-corrected chi connectivity index (χ0v) is 10.2. The van der Waals surface area contributed by atoms with Crippen LogP contribution in [0.5, 0.6) is 0 Å². The molecule has 0 saturated heterocycles. The Labute approximate surface area is 90.6 Å². The molecule has 1 aromatic carbocycles. The van der Waals surface area contributed by atoms with Crippen LogP contribution < -0.4 is 2.95 Å². The number of rotatable bonds is 1. The Bertz CT molecular complexity index is 209. The van der Waals surface area contributed by atoms with E-state index >= 15 is 0 Å². The summed E-state index contributed by atoms with van der Waals surface area (Å²) in [5.41, 5.74) is 1.08. The molecule has 54 valence electrons. The molecule has 0 spiro atoms. The molecule has 0 amide bonds. The third kappa shape index (κ3) is 2.39. The Hall–Kier alpha value is 0.710. The minimum atomic E-state index is 1.08. The topological polar surface area (TPSA) is 3.24 Å². The van der Waals surface area contributed by atoms with Crippen molar-refractivity contribution in [1.82, 2.24) is 0 Å². The van der Waals surface area contributed by atoms with Gasteiger partial charge in [-0.3, -0.25) is 0 Å². The second kappa shape index (κ2) is 3.92. The molecule has 0 atom stereocenters. The van der Waals surface area contributed by atoms with Crippen LogP contribution in [0.15, 0.2) is 24.3 Å². The van der Waals surface area contributed by atoms with E-state index in [1.165, 1.54) is 3.57 Å². The van der Waals surface area contributed by atoms with Crippen molar-refractivity contribution in [1.29, 1.82) is 0 Å². The van der Waals surface area contributed by atoms with Crippen LogP contribution in [0, 0.1) is 3.57 Å². The van der Waals surface area contributed by atoms with Gasteiger partial charge in [-0.25, -0.2) is 2.95 Å². The summed E-state index contributed by atoms with van der Waals surface area (Å²) in [4.78, 5) is 0. The maximum atomic E-state index is 3.25. The maximum Gasteiger partial charge on any atom is 0.0617 e. The molecule has 0 unspecified atom stereocenters. The predicted molar refractivity (Wildman–Crippen MR) is 59.5 cm³/mol. The minimum absolute atomic E-state index is 1.08. The fourth-order valence-electron chi connectivity index (χ4n) is 0.554. The summed E-state index contributed by atoms with van der Waals surface area (Å²) in [6.07, 6.45) is 0.